The molecule has 1 amide bonds. The van der Waals surface area contributed by atoms with Gasteiger partial charge in [-0.1, -0.05) is 74.5 Å². The van der Waals surface area contributed by atoms with Gasteiger partial charge in [0.1, 0.15) is 0 Å². The molecule has 0 fully saturated rings. The summed E-state index contributed by atoms with van der Waals surface area (Å²) in [6, 6.07) is 20.0. The lowest BCUT2D eigenvalue weighted by atomic mass is 9.69. The Hall–Kier alpha value is -2.68. The number of carbonyl (C=O) groups excluding carboxylic acids is 2. The van der Waals surface area contributed by atoms with Crippen molar-refractivity contribution >= 4 is 11.7 Å². The molecule has 1 unspecified atom stereocenters. The quantitative estimate of drug-likeness (QED) is 0.786. The average molecular weight is 359 g/mol. The lowest BCUT2D eigenvalue weighted by Crippen LogP contribution is -2.43. The van der Waals surface area contributed by atoms with E-state index in [0.717, 1.165) is 28.8 Å². The summed E-state index contributed by atoms with van der Waals surface area (Å²) in [6.07, 6.45) is 1.67. The molecule has 3 nitrogen and oxygen atoms in total. The SMILES string of the molecule is CC1(C)CC(=O)C2=C(C1)N(Cc1ccccc1)C(=O)CC2c1ccccc1. The molecule has 0 saturated carbocycles. The van der Waals surface area contributed by atoms with Crippen molar-refractivity contribution in [2.24, 2.45) is 5.41 Å². The van der Waals surface area contributed by atoms with Gasteiger partial charge in [0.15, 0.2) is 5.78 Å². The first kappa shape index (κ1) is 17.7. The molecule has 1 atom stereocenters. The third kappa shape index (κ3) is 3.46. The van der Waals surface area contributed by atoms with E-state index in [4.69, 9.17) is 0 Å². The topological polar surface area (TPSA) is 37.4 Å². The van der Waals surface area contributed by atoms with Gasteiger partial charge in [-0.2, -0.15) is 0 Å². The smallest absolute Gasteiger partial charge is 0.228 e. The summed E-state index contributed by atoms with van der Waals surface area (Å²) in [6.45, 7) is 4.77. The molecular weight excluding hydrogens is 334 g/mol. The Balaban J connectivity index is 1.80. The third-order valence-corrected chi connectivity index (χ3v) is 5.64. The third-order valence-electron chi connectivity index (χ3n) is 5.64. The normalized spacial score (nSPS) is 22.0. The van der Waals surface area contributed by atoms with Crippen molar-refractivity contribution in [3.8, 4) is 0 Å². The number of amides is 1. The monoisotopic (exact) mass is 359 g/mol. The zero-order chi connectivity index (χ0) is 19.0. The van der Waals surface area contributed by atoms with Crippen LogP contribution >= 0.6 is 0 Å². The van der Waals surface area contributed by atoms with E-state index in [0.29, 0.717) is 19.4 Å². The van der Waals surface area contributed by atoms with Crippen LogP contribution in [0.3, 0.4) is 0 Å². The average Bonchev–Trinajstić information content (AvgIpc) is 2.64. The first-order valence-electron chi connectivity index (χ1n) is 9.60. The van der Waals surface area contributed by atoms with E-state index >= 15 is 0 Å². The maximum Gasteiger partial charge on any atom is 0.228 e. The largest absolute Gasteiger partial charge is 0.311 e. The molecule has 1 heterocycles. The van der Waals surface area contributed by atoms with Crippen LogP contribution in [0.15, 0.2) is 71.9 Å². The molecule has 0 aromatic heterocycles. The number of benzene rings is 2. The molecule has 2 aromatic carbocycles. The Kier molecular flexibility index (Phi) is 4.47. The van der Waals surface area contributed by atoms with E-state index in [1.165, 1.54) is 0 Å². The Bertz CT molecular complexity index is 896. The molecule has 0 bridgehead atoms. The van der Waals surface area contributed by atoms with Gasteiger partial charge in [0, 0.05) is 30.0 Å². The van der Waals surface area contributed by atoms with E-state index in [1.54, 1.807) is 0 Å². The fourth-order valence-corrected chi connectivity index (χ4v) is 4.39. The molecule has 0 N–H and O–H groups in total. The molecule has 2 aliphatic rings. The number of allylic oxidation sites excluding steroid dienone is 2. The molecule has 0 radical (unpaired) electrons. The van der Waals surface area contributed by atoms with Crippen LogP contribution < -0.4 is 0 Å². The fraction of sp³-hybridized carbons (Fsp3) is 0.333. The van der Waals surface area contributed by atoms with Gasteiger partial charge in [0.2, 0.25) is 5.91 Å². The molecule has 0 saturated heterocycles. The first-order chi connectivity index (χ1) is 12.9. The van der Waals surface area contributed by atoms with Crippen LogP contribution in [0, 0.1) is 5.41 Å². The van der Waals surface area contributed by atoms with Crippen molar-refractivity contribution in [1.29, 1.82) is 0 Å². The van der Waals surface area contributed by atoms with E-state index < -0.39 is 0 Å². The van der Waals surface area contributed by atoms with Gasteiger partial charge in [-0.25, -0.2) is 0 Å². The highest BCUT2D eigenvalue weighted by molar-refractivity contribution is 6.02. The summed E-state index contributed by atoms with van der Waals surface area (Å²) in [5.74, 6) is 0.182. The lowest BCUT2D eigenvalue weighted by Gasteiger charge is -2.43. The molecule has 0 spiro atoms. The Labute approximate surface area is 160 Å². The minimum absolute atomic E-state index is 0.108. The van der Waals surface area contributed by atoms with Gasteiger partial charge in [-0.05, 0) is 23.0 Å². The number of nitrogens with zero attached hydrogens (tertiary/aromatic N) is 1. The second-order valence-corrected chi connectivity index (χ2v) is 8.43. The molecule has 4 rings (SSSR count). The van der Waals surface area contributed by atoms with E-state index in [2.05, 4.69) is 13.8 Å². The van der Waals surface area contributed by atoms with Crippen molar-refractivity contribution in [1.82, 2.24) is 4.90 Å². The number of rotatable bonds is 3. The molecule has 1 aliphatic carbocycles. The van der Waals surface area contributed by atoms with Gasteiger partial charge in [0.25, 0.3) is 0 Å². The van der Waals surface area contributed by atoms with Gasteiger partial charge < -0.3 is 4.90 Å². The minimum Gasteiger partial charge on any atom is -0.311 e. The summed E-state index contributed by atoms with van der Waals surface area (Å²) in [4.78, 5) is 28.1. The fourth-order valence-electron chi connectivity index (χ4n) is 4.39. The van der Waals surface area contributed by atoms with Gasteiger partial charge >= 0.3 is 0 Å². The van der Waals surface area contributed by atoms with Gasteiger partial charge in [-0.15, -0.1) is 0 Å². The van der Waals surface area contributed by atoms with Crippen molar-refractivity contribution in [2.75, 3.05) is 0 Å². The van der Waals surface area contributed by atoms with Gasteiger partial charge in [0.05, 0.1) is 6.54 Å². The van der Waals surface area contributed by atoms with Crippen molar-refractivity contribution < 1.29 is 9.59 Å². The van der Waals surface area contributed by atoms with Crippen molar-refractivity contribution in [3.05, 3.63) is 83.1 Å². The van der Waals surface area contributed by atoms with Crippen molar-refractivity contribution in [3.63, 3.8) is 0 Å². The summed E-state index contributed by atoms with van der Waals surface area (Å²) in [5.41, 5.74) is 3.82. The standard InChI is InChI=1S/C24H25NO2/c1-24(2)14-20-23(21(26)15-24)19(18-11-7-4-8-12-18)13-22(27)25(20)16-17-9-5-3-6-10-17/h3-12,19H,13-16H2,1-2H3. The maximum atomic E-state index is 13.1. The zero-order valence-corrected chi connectivity index (χ0v) is 15.9. The number of hydrogen-bond acceptors (Lipinski definition) is 2. The van der Waals surface area contributed by atoms with Gasteiger partial charge in [-0.3, -0.25) is 9.59 Å². The number of Topliss-reactive ketones (excluding diaryl/α,β-unsaturated/α-hetero) is 1. The predicted molar refractivity (Wildman–Crippen MR) is 106 cm³/mol. The highest BCUT2D eigenvalue weighted by atomic mass is 16.2. The van der Waals surface area contributed by atoms with Crippen LogP contribution in [-0.2, 0) is 16.1 Å². The van der Waals surface area contributed by atoms with Crippen LogP contribution in [-0.4, -0.2) is 16.6 Å². The molecule has 1 aliphatic heterocycles. The van der Waals surface area contributed by atoms with Crippen LogP contribution in [0.25, 0.3) is 0 Å². The Morgan fingerprint density at radius 2 is 1.56 bits per heavy atom. The van der Waals surface area contributed by atoms with Crippen LogP contribution in [0.4, 0.5) is 0 Å². The number of carbonyl (C=O) groups is 2. The van der Waals surface area contributed by atoms with Crippen molar-refractivity contribution in [2.45, 2.75) is 45.6 Å². The zero-order valence-electron chi connectivity index (χ0n) is 15.9. The molecule has 3 heteroatoms. The predicted octanol–water partition coefficient (Wildman–Crippen LogP) is 4.85. The van der Waals surface area contributed by atoms with E-state index in [-0.39, 0.29) is 23.0 Å². The highest BCUT2D eigenvalue weighted by Crippen LogP contribution is 2.47. The number of hydrogen-bond donors (Lipinski definition) is 0. The second kappa shape index (κ2) is 6.80. The summed E-state index contributed by atoms with van der Waals surface area (Å²) >= 11 is 0. The minimum atomic E-state index is -0.121. The molecule has 27 heavy (non-hydrogen) atoms. The van der Waals surface area contributed by atoms with Crippen LogP contribution in [0.2, 0.25) is 0 Å². The first-order valence-corrected chi connectivity index (χ1v) is 9.60. The molecule has 2 aromatic rings. The number of ketones is 1. The summed E-state index contributed by atoms with van der Waals surface area (Å²) < 4.78 is 0. The Morgan fingerprint density at radius 1 is 0.926 bits per heavy atom. The summed E-state index contributed by atoms with van der Waals surface area (Å²) in [7, 11) is 0. The van der Waals surface area contributed by atoms with Crippen LogP contribution in [0.5, 0.6) is 0 Å². The van der Waals surface area contributed by atoms with E-state index in [1.807, 2.05) is 65.6 Å². The highest BCUT2D eigenvalue weighted by Gasteiger charge is 2.43. The lowest BCUT2D eigenvalue weighted by molar-refractivity contribution is -0.132. The second-order valence-electron chi connectivity index (χ2n) is 8.43. The molecule has 138 valence electrons. The Morgan fingerprint density at radius 3 is 2.22 bits per heavy atom. The van der Waals surface area contributed by atoms with E-state index in [9.17, 15) is 9.59 Å². The molecular formula is C24H25NO2. The van der Waals surface area contributed by atoms with Crippen LogP contribution in [0.1, 0.15) is 50.2 Å². The summed E-state index contributed by atoms with van der Waals surface area (Å²) in [5, 5.41) is 0. The maximum absolute atomic E-state index is 13.1.